The Labute approximate surface area is 157 Å². The summed E-state index contributed by atoms with van der Waals surface area (Å²) < 4.78 is 42.6. The molecule has 0 saturated carbocycles. The second-order valence-corrected chi connectivity index (χ2v) is 5.91. The van der Waals surface area contributed by atoms with Crippen LogP contribution in [0, 0.1) is 0 Å². The molecule has 2 N–H and O–H groups in total. The van der Waals surface area contributed by atoms with Crippen LogP contribution in [0.5, 0.6) is 5.75 Å². The number of rotatable bonds is 8. The highest BCUT2D eigenvalue weighted by Crippen LogP contribution is 2.18. The van der Waals surface area contributed by atoms with Gasteiger partial charge in [-0.25, -0.2) is 4.99 Å². The van der Waals surface area contributed by atoms with Crippen molar-refractivity contribution in [2.45, 2.75) is 32.7 Å². The Balaban J connectivity index is 1.91. The zero-order valence-electron chi connectivity index (χ0n) is 15.2. The molecular formula is C20H24F3N3O. The van der Waals surface area contributed by atoms with Crippen LogP contribution in [0.3, 0.4) is 0 Å². The monoisotopic (exact) mass is 379 g/mol. The van der Waals surface area contributed by atoms with E-state index in [2.05, 4.69) is 15.6 Å². The van der Waals surface area contributed by atoms with Gasteiger partial charge >= 0.3 is 6.18 Å². The van der Waals surface area contributed by atoms with Gasteiger partial charge in [0.05, 0.1) is 13.0 Å². The molecule has 0 amide bonds. The van der Waals surface area contributed by atoms with E-state index in [9.17, 15) is 13.2 Å². The van der Waals surface area contributed by atoms with Crippen LogP contribution in [0.15, 0.2) is 59.6 Å². The lowest BCUT2D eigenvalue weighted by atomic mass is 10.2. The minimum Gasteiger partial charge on any atom is -0.489 e. The normalized spacial score (nSPS) is 11.9. The molecule has 2 aromatic rings. The van der Waals surface area contributed by atoms with E-state index >= 15 is 0 Å². The van der Waals surface area contributed by atoms with Crippen molar-refractivity contribution in [3.05, 3.63) is 65.7 Å². The van der Waals surface area contributed by atoms with Crippen LogP contribution in [-0.2, 0) is 13.2 Å². The van der Waals surface area contributed by atoms with Gasteiger partial charge in [0.1, 0.15) is 12.4 Å². The summed E-state index contributed by atoms with van der Waals surface area (Å²) in [5.74, 6) is 1.08. The van der Waals surface area contributed by atoms with E-state index in [0.29, 0.717) is 25.7 Å². The van der Waals surface area contributed by atoms with E-state index in [1.165, 1.54) is 0 Å². The molecule has 27 heavy (non-hydrogen) atoms. The first-order chi connectivity index (χ1) is 13.0. The predicted molar refractivity (Wildman–Crippen MR) is 101 cm³/mol. The molecule has 0 aliphatic heterocycles. The molecule has 2 aromatic carbocycles. The average Bonchev–Trinajstić information content (AvgIpc) is 2.65. The molecule has 0 aliphatic carbocycles. The second kappa shape index (κ2) is 10.4. The molecule has 0 aliphatic rings. The summed E-state index contributed by atoms with van der Waals surface area (Å²) in [6.07, 6.45) is -5.09. The van der Waals surface area contributed by atoms with Crippen LogP contribution in [0.2, 0.25) is 0 Å². The maximum absolute atomic E-state index is 12.3. The van der Waals surface area contributed by atoms with Crippen LogP contribution in [0.1, 0.15) is 24.5 Å². The van der Waals surface area contributed by atoms with Crippen LogP contribution in [0.25, 0.3) is 0 Å². The minimum atomic E-state index is -4.19. The molecule has 0 atom stereocenters. The zero-order valence-corrected chi connectivity index (χ0v) is 15.2. The number of alkyl halides is 3. The topological polar surface area (TPSA) is 45.7 Å². The lowest BCUT2D eigenvalue weighted by molar-refractivity contribution is -0.132. The van der Waals surface area contributed by atoms with Crippen molar-refractivity contribution in [2.75, 3.05) is 13.1 Å². The van der Waals surface area contributed by atoms with Crippen molar-refractivity contribution in [3.63, 3.8) is 0 Å². The molecule has 4 nitrogen and oxygen atoms in total. The van der Waals surface area contributed by atoms with Gasteiger partial charge in [-0.05, 0) is 30.2 Å². The van der Waals surface area contributed by atoms with Gasteiger partial charge in [0.15, 0.2) is 5.96 Å². The number of hydrogen-bond acceptors (Lipinski definition) is 2. The van der Waals surface area contributed by atoms with E-state index in [0.717, 1.165) is 16.9 Å². The Morgan fingerprint density at radius 3 is 2.44 bits per heavy atom. The maximum atomic E-state index is 12.3. The largest absolute Gasteiger partial charge is 0.489 e. The maximum Gasteiger partial charge on any atom is 0.390 e. The number of halogens is 3. The summed E-state index contributed by atoms with van der Waals surface area (Å²) in [7, 11) is 0. The Morgan fingerprint density at radius 1 is 1.00 bits per heavy atom. The number of benzene rings is 2. The number of nitrogens with one attached hydrogen (secondary N) is 2. The van der Waals surface area contributed by atoms with E-state index < -0.39 is 12.6 Å². The van der Waals surface area contributed by atoms with E-state index in [1.807, 2.05) is 61.5 Å². The predicted octanol–water partition coefficient (Wildman–Crippen LogP) is 4.27. The summed E-state index contributed by atoms with van der Waals surface area (Å²) in [6, 6.07) is 17.4. The van der Waals surface area contributed by atoms with Gasteiger partial charge in [0, 0.05) is 13.1 Å². The fraction of sp³-hybridized carbons (Fsp3) is 0.350. The summed E-state index contributed by atoms with van der Waals surface area (Å²) in [4.78, 5) is 4.33. The molecule has 0 bridgehead atoms. The van der Waals surface area contributed by atoms with Gasteiger partial charge in [0.25, 0.3) is 0 Å². The molecule has 2 rings (SSSR count). The molecule has 0 heterocycles. The van der Waals surface area contributed by atoms with Gasteiger partial charge in [-0.3, -0.25) is 0 Å². The van der Waals surface area contributed by atoms with Crippen molar-refractivity contribution in [1.29, 1.82) is 0 Å². The molecule has 0 saturated heterocycles. The highest BCUT2D eigenvalue weighted by molar-refractivity contribution is 5.79. The first-order valence-electron chi connectivity index (χ1n) is 8.81. The van der Waals surface area contributed by atoms with Crippen LogP contribution >= 0.6 is 0 Å². The third-order valence-corrected chi connectivity index (χ3v) is 3.61. The fourth-order valence-corrected chi connectivity index (χ4v) is 2.31. The average molecular weight is 379 g/mol. The number of aliphatic imine (C=N–C) groups is 1. The van der Waals surface area contributed by atoms with Crippen LogP contribution in [-0.4, -0.2) is 25.2 Å². The van der Waals surface area contributed by atoms with E-state index in [4.69, 9.17) is 4.74 Å². The third kappa shape index (κ3) is 8.48. The minimum absolute atomic E-state index is 0.213. The first-order valence-corrected chi connectivity index (χ1v) is 8.81. The lowest BCUT2D eigenvalue weighted by Gasteiger charge is -2.12. The first kappa shape index (κ1) is 20.6. The van der Waals surface area contributed by atoms with Gasteiger partial charge in [-0.15, -0.1) is 0 Å². The smallest absolute Gasteiger partial charge is 0.390 e. The highest BCUT2D eigenvalue weighted by Gasteiger charge is 2.26. The number of nitrogens with zero attached hydrogens (tertiary/aromatic N) is 1. The van der Waals surface area contributed by atoms with Gasteiger partial charge in [0.2, 0.25) is 0 Å². The van der Waals surface area contributed by atoms with Crippen LogP contribution < -0.4 is 15.4 Å². The molecule has 0 unspecified atom stereocenters. The molecule has 0 spiro atoms. The van der Waals surface area contributed by atoms with E-state index in [1.54, 1.807) is 0 Å². The van der Waals surface area contributed by atoms with Crippen molar-refractivity contribution in [2.24, 2.45) is 4.99 Å². The molecule has 0 radical (unpaired) electrons. The van der Waals surface area contributed by atoms with Crippen molar-refractivity contribution in [1.82, 2.24) is 10.6 Å². The quantitative estimate of drug-likeness (QED) is 0.532. The number of hydrogen-bond donors (Lipinski definition) is 2. The standard InChI is InChI=1S/C20H24F3N3O/c1-2-24-19(25-12-11-20(21,22)23)26-14-17-9-6-10-18(13-17)27-15-16-7-4-3-5-8-16/h3-10,13H,2,11-12,14-15H2,1H3,(H2,24,25,26). The third-order valence-electron chi connectivity index (χ3n) is 3.61. The Kier molecular flexibility index (Phi) is 7.98. The Bertz CT molecular complexity index is 718. The molecule has 7 heteroatoms. The van der Waals surface area contributed by atoms with Gasteiger partial charge < -0.3 is 15.4 Å². The zero-order chi connectivity index (χ0) is 19.5. The van der Waals surface area contributed by atoms with Crippen molar-refractivity contribution >= 4 is 5.96 Å². The molecular weight excluding hydrogens is 355 g/mol. The summed E-state index contributed by atoms with van der Waals surface area (Å²) in [6.45, 7) is 3.02. The number of guanidine groups is 1. The van der Waals surface area contributed by atoms with E-state index in [-0.39, 0.29) is 6.54 Å². The fourth-order valence-electron chi connectivity index (χ4n) is 2.31. The Hall–Kier alpha value is -2.70. The SMILES string of the molecule is CCNC(=NCc1cccc(OCc2ccccc2)c1)NCCC(F)(F)F. The lowest BCUT2D eigenvalue weighted by Crippen LogP contribution is -2.38. The highest BCUT2D eigenvalue weighted by atomic mass is 19.4. The summed E-state index contributed by atoms with van der Waals surface area (Å²) in [5.41, 5.74) is 1.98. The molecule has 0 fully saturated rings. The van der Waals surface area contributed by atoms with Gasteiger partial charge in [-0.1, -0.05) is 42.5 Å². The van der Waals surface area contributed by atoms with Crippen LogP contribution in [0.4, 0.5) is 13.2 Å². The second-order valence-electron chi connectivity index (χ2n) is 5.91. The van der Waals surface area contributed by atoms with Gasteiger partial charge in [-0.2, -0.15) is 13.2 Å². The molecule has 146 valence electrons. The van der Waals surface area contributed by atoms with Crippen molar-refractivity contribution in [3.8, 4) is 5.75 Å². The summed E-state index contributed by atoms with van der Waals surface area (Å²) in [5, 5.41) is 5.64. The number of ether oxygens (including phenoxy) is 1. The molecule has 0 aromatic heterocycles. The summed E-state index contributed by atoms with van der Waals surface area (Å²) >= 11 is 0. The van der Waals surface area contributed by atoms with Crippen molar-refractivity contribution < 1.29 is 17.9 Å². The Morgan fingerprint density at radius 2 is 1.74 bits per heavy atom.